The average Bonchev–Trinajstić information content (AvgIpc) is 2.70. The van der Waals surface area contributed by atoms with Crippen molar-refractivity contribution < 1.29 is 0 Å². The van der Waals surface area contributed by atoms with E-state index in [4.69, 9.17) is 0 Å². The van der Waals surface area contributed by atoms with Crippen molar-refractivity contribution in [3.63, 3.8) is 0 Å². The van der Waals surface area contributed by atoms with Crippen LogP contribution in [0.1, 0.15) is 0 Å². The molecule has 0 aliphatic rings. The second-order valence-corrected chi connectivity index (χ2v) is 4.26. The molecule has 2 aromatic rings. The van der Waals surface area contributed by atoms with Crippen LogP contribution in [0.3, 0.4) is 0 Å². The Morgan fingerprint density at radius 2 is 2.08 bits per heavy atom. The molecule has 0 atom stereocenters. The maximum absolute atomic E-state index is 4.11. The van der Waals surface area contributed by atoms with E-state index in [0.29, 0.717) is 0 Å². The van der Waals surface area contributed by atoms with Crippen molar-refractivity contribution >= 4 is 23.3 Å². The van der Waals surface area contributed by atoms with Gasteiger partial charge >= 0.3 is 0 Å². The highest BCUT2D eigenvalue weighted by Gasteiger charge is 2.03. The minimum Gasteiger partial charge on any atom is -0.201 e. The van der Waals surface area contributed by atoms with Crippen LogP contribution in [0.4, 0.5) is 0 Å². The van der Waals surface area contributed by atoms with Gasteiger partial charge in [-0.15, -0.1) is 11.8 Å². The van der Waals surface area contributed by atoms with E-state index in [1.54, 1.807) is 23.3 Å². The summed E-state index contributed by atoms with van der Waals surface area (Å²) in [4.78, 5) is 2.55. The lowest BCUT2D eigenvalue weighted by Gasteiger charge is -2.02. The third-order valence-electron chi connectivity index (χ3n) is 1.81. The fourth-order valence-electron chi connectivity index (χ4n) is 1.20. The van der Waals surface area contributed by atoms with Crippen LogP contribution in [0.5, 0.6) is 0 Å². The van der Waals surface area contributed by atoms with E-state index >= 15 is 0 Å². The van der Waals surface area contributed by atoms with Gasteiger partial charge in [0.2, 0.25) is 0 Å². The van der Waals surface area contributed by atoms with Crippen LogP contribution in [-0.4, -0.2) is 10.6 Å². The minimum absolute atomic E-state index is 1.24. The second-order valence-electron chi connectivity index (χ2n) is 2.58. The molecule has 66 valence electrons. The molecule has 1 aromatic carbocycles. The average molecular weight is 207 g/mol. The first-order chi connectivity index (χ1) is 6.42. The molecule has 13 heavy (non-hydrogen) atoms. The van der Waals surface area contributed by atoms with Crippen LogP contribution in [0.25, 0.3) is 10.4 Å². The van der Waals surface area contributed by atoms with Gasteiger partial charge in [-0.05, 0) is 29.9 Å². The quantitative estimate of drug-likeness (QED) is 0.699. The van der Waals surface area contributed by atoms with Crippen LogP contribution in [-0.2, 0) is 0 Å². The van der Waals surface area contributed by atoms with Gasteiger partial charge in [0.05, 0.1) is 4.88 Å². The minimum atomic E-state index is 1.24. The number of hydrogen-bond acceptors (Lipinski definition) is 3. The number of aromatic nitrogens is 1. The van der Waals surface area contributed by atoms with Crippen LogP contribution >= 0.6 is 23.3 Å². The Kier molecular flexibility index (Phi) is 2.66. The molecule has 0 saturated carbocycles. The molecule has 0 N–H and O–H groups in total. The van der Waals surface area contributed by atoms with Crippen molar-refractivity contribution in [2.75, 3.05) is 6.26 Å². The van der Waals surface area contributed by atoms with Gasteiger partial charge in [-0.1, -0.05) is 18.2 Å². The summed E-state index contributed by atoms with van der Waals surface area (Å²) in [5, 5.41) is 0. The lowest BCUT2D eigenvalue weighted by molar-refractivity contribution is 1.47. The van der Waals surface area contributed by atoms with E-state index < -0.39 is 0 Å². The van der Waals surface area contributed by atoms with E-state index in [0.717, 1.165) is 0 Å². The number of hydrogen-bond donors (Lipinski definition) is 0. The van der Waals surface area contributed by atoms with Gasteiger partial charge in [0.25, 0.3) is 0 Å². The summed E-state index contributed by atoms with van der Waals surface area (Å²) in [5.41, 5.74) is 1.29. The maximum atomic E-state index is 4.11. The predicted molar refractivity (Wildman–Crippen MR) is 59.3 cm³/mol. The van der Waals surface area contributed by atoms with Gasteiger partial charge in [0.15, 0.2) is 0 Å². The Balaban J connectivity index is 2.51. The molecular formula is C10H9NS2. The van der Waals surface area contributed by atoms with Gasteiger partial charge in [0.1, 0.15) is 0 Å². The first kappa shape index (κ1) is 8.78. The molecule has 0 unspecified atom stereocenters. The SMILES string of the molecule is CSc1ccccc1-c1ccns1. The molecule has 0 radical (unpaired) electrons. The first-order valence-corrected chi connectivity index (χ1v) is 5.95. The first-order valence-electron chi connectivity index (χ1n) is 3.96. The predicted octanol–water partition coefficient (Wildman–Crippen LogP) is 3.53. The van der Waals surface area contributed by atoms with Gasteiger partial charge < -0.3 is 0 Å². The lowest BCUT2D eigenvalue weighted by atomic mass is 10.2. The molecule has 0 fully saturated rings. The van der Waals surface area contributed by atoms with E-state index in [9.17, 15) is 0 Å². The van der Waals surface area contributed by atoms with Gasteiger partial charge in [-0.25, -0.2) is 4.37 Å². The fourth-order valence-corrected chi connectivity index (χ4v) is 2.51. The summed E-state index contributed by atoms with van der Waals surface area (Å²) in [6, 6.07) is 10.5. The number of nitrogens with zero attached hydrogens (tertiary/aromatic N) is 1. The van der Waals surface area contributed by atoms with Gasteiger partial charge in [-0.2, -0.15) is 0 Å². The lowest BCUT2D eigenvalue weighted by Crippen LogP contribution is -1.76. The molecule has 1 aromatic heterocycles. The molecule has 1 nitrogen and oxygen atoms in total. The summed E-state index contributed by atoms with van der Waals surface area (Å²) >= 11 is 3.31. The number of thioether (sulfide) groups is 1. The normalized spacial score (nSPS) is 10.2. The smallest absolute Gasteiger partial charge is 0.0561 e. The molecule has 0 spiro atoms. The van der Waals surface area contributed by atoms with Gasteiger partial charge in [0, 0.05) is 16.7 Å². The fraction of sp³-hybridized carbons (Fsp3) is 0.100. The molecule has 0 amide bonds. The van der Waals surface area contributed by atoms with Crippen molar-refractivity contribution in [2.45, 2.75) is 4.90 Å². The van der Waals surface area contributed by atoms with E-state index in [2.05, 4.69) is 41.0 Å². The largest absolute Gasteiger partial charge is 0.201 e. The molecule has 0 aliphatic heterocycles. The highest BCUT2D eigenvalue weighted by Crippen LogP contribution is 2.31. The summed E-state index contributed by atoms with van der Waals surface area (Å²) in [5.74, 6) is 0. The third-order valence-corrected chi connectivity index (χ3v) is 3.39. The van der Waals surface area contributed by atoms with Crippen molar-refractivity contribution in [1.82, 2.24) is 4.37 Å². The standard InChI is InChI=1S/C10H9NS2/c1-12-9-5-3-2-4-8(9)10-6-7-11-13-10/h2-7H,1H3. The Morgan fingerprint density at radius 3 is 2.77 bits per heavy atom. The van der Waals surface area contributed by atoms with Crippen LogP contribution in [0.15, 0.2) is 41.4 Å². The Morgan fingerprint density at radius 1 is 1.23 bits per heavy atom. The molecule has 3 heteroatoms. The van der Waals surface area contributed by atoms with Crippen LogP contribution in [0.2, 0.25) is 0 Å². The zero-order valence-electron chi connectivity index (χ0n) is 7.23. The Bertz CT molecular complexity index is 382. The topological polar surface area (TPSA) is 12.9 Å². The summed E-state index contributed by atoms with van der Waals surface area (Å²) in [7, 11) is 0. The van der Waals surface area contributed by atoms with Crippen LogP contribution in [0, 0.1) is 0 Å². The molecule has 1 heterocycles. The monoisotopic (exact) mass is 207 g/mol. The van der Waals surface area contributed by atoms with Crippen molar-refractivity contribution in [1.29, 1.82) is 0 Å². The van der Waals surface area contributed by atoms with E-state index in [-0.39, 0.29) is 0 Å². The zero-order valence-corrected chi connectivity index (χ0v) is 8.86. The highest BCUT2D eigenvalue weighted by atomic mass is 32.2. The van der Waals surface area contributed by atoms with Crippen molar-refractivity contribution in [2.24, 2.45) is 0 Å². The molecular weight excluding hydrogens is 198 g/mol. The molecule has 0 bridgehead atoms. The Labute approximate surface area is 86.0 Å². The van der Waals surface area contributed by atoms with E-state index in [1.165, 1.54) is 15.3 Å². The molecule has 2 rings (SSSR count). The third kappa shape index (κ3) is 1.76. The van der Waals surface area contributed by atoms with E-state index in [1.807, 2.05) is 6.20 Å². The number of benzene rings is 1. The summed E-state index contributed by atoms with van der Waals surface area (Å²) < 4.78 is 4.11. The number of rotatable bonds is 2. The summed E-state index contributed by atoms with van der Waals surface area (Å²) in [6.07, 6.45) is 3.94. The highest BCUT2D eigenvalue weighted by molar-refractivity contribution is 7.98. The van der Waals surface area contributed by atoms with Crippen LogP contribution < -0.4 is 0 Å². The van der Waals surface area contributed by atoms with Crippen molar-refractivity contribution in [3.05, 3.63) is 36.5 Å². The second kappa shape index (κ2) is 3.94. The molecule has 0 aliphatic carbocycles. The van der Waals surface area contributed by atoms with Crippen molar-refractivity contribution in [3.8, 4) is 10.4 Å². The zero-order chi connectivity index (χ0) is 9.10. The summed E-state index contributed by atoms with van der Waals surface area (Å²) in [6.45, 7) is 0. The van der Waals surface area contributed by atoms with Gasteiger partial charge in [-0.3, -0.25) is 0 Å². The molecule has 0 saturated heterocycles. The maximum Gasteiger partial charge on any atom is 0.0561 e. The Hall–Kier alpha value is -0.800.